The van der Waals surface area contributed by atoms with E-state index in [4.69, 9.17) is 11.6 Å². The van der Waals surface area contributed by atoms with Gasteiger partial charge in [-0.1, -0.05) is 16.8 Å². The van der Waals surface area contributed by atoms with E-state index in [0.717, 1.165) is 4.68 Å². The molecule has 2 N–H and O–H groups in total. The van der Waals surface area contributed by atoms with Gasteiger partial charge in [0.15, 0.2) is 0 Å². The van der Waals surface area contributed by atoms with Crippen LogP contribution in [0.2, 0.25) is 5.02 Å². The van der Waals surface area contributed by atoms with Crippen LogP contribution in [0.1, 0.15) is 28.5 Å². The summed E-state index contributed by atoms with van der Waals surface area (Å²) >= 11 is 5.84. The molecule has 2 aromatic carbocycles. The summed E-state index contributed by atoms with van der Waals surface area (Å²) in [4.78, 5) is 0. The van der Waals surface area contributed by atoms with Crippen molar-refractivity contribution in [1.29, 1.82) is 0 Å². The highest BCUT2D eigenvalue weighted by molar-refractivity contribution is 6.30. The molecular formula is C18H12ClF6N3O2. The van der Waals surface area contributed by atoms with Crippen molar-refractivity contribution in [3.63, 3.8) is 0 Å². The summed E-state index contributed by atoms with van der Waals surface area (Å²) in [5.41, 5.74) is -3.42. The van der Waals surface area contributed by atoms with Gasteiger partial charge in [-0.2, -0.15) is 26.3 Å². The van der Waals surface area contributed by atoms with E-state index in [0.29, 0.717) is 12.1 Å². The maximum Gasteiger partial charge on any atom is 0.416 e. The van der Waals surface area contributed by atoms with E-state index in [1.807, 2.05) is 0 Å². The number of aliphatic hydroxyl groups is 1. The first-order valence-electron chi connectivity index (χ1n) is 8.22. The fourth-order valence-corrected chi connectivity index (χ4v) is 2.84. The topological polar surface area (TPSA) is 71.2 Å². The first-order valence-corrected chi connectivity index (χ1v) is 8.60. The molecule has 0 saturated heterocycles. The fourth-order valence-electron chi connectivity index (χ4n) is 2.68. The van der Waals surface area contributed by atoms with Crippen molar-refractivity contribution >= 4 is 11.6 Å². The molecule has 1 unspecified atom stereocenters. The normalized spacial score (nSPS) is 13.5. The highest BCUT2D eigenvalue weighted by atomic mass is 35.5. The predicted molar refractivity (Wildman–Crippen MR) is 93.1 cm³/mol. The van der Waals surface area contributed by atoms with Gasteiger partial charge >= 0.3 is 12.4 Å². The quantitative estimate of drug-likeness (QED) is 0.551. The van der Waals surface area contributed by atoms with Gasteiger partial charge in [-0.25, -0.2) is 4.68 Å². The number of hydrogen-bond acceptors (Lipinski definition) is 4. The molecule has 0 fully saturated rings. The van der Waals surface area contributed by atoms with E-state index >= 15 is 0 Å². The lowest BCUT2D eigenvalue weighted by Crippen LogP contribution is -2.13. The third kappa shape index (κ3) is 4.85. The molecular weight excluding hydrogens is 440 g/mol. The number of aromatic nitrogens is 3. The Morgan fingerprint density at radius 1 is 0.967 bits per heavy atom. The van der Waals surface area contributed by atoms with Crippen LogP contribution in [0.4, 0.5) is 26.3 Å². The molecule has 5 nitrogen and oxygen atoms in total. The first kappa shape index (κ1) is 21.9. The second-order valence-corrected chi connectivity index (χ2v) is 6.78. The van der Waals surface area contributed by atoms with Gasteiger partial charge in [-0.3, -0.25) is 0 Å². The minimum absolute atomic E-state index is 0.0194. The number of aromatic hydroxyl groups is 1. The molecule has 0 spiro atoms. The standard InChI is InChI=1S/C18H12ClF6N3O2/c19-12-1-2-15(29)14(6-12)28-8-13(26-27-28)7-16(30)9-3-10(17(20,21)22)5-11(4-9)18(23,24)25/h1-6,8,16,29-30H,7H2. The van der Waals surface area contributed by atoms with Crippen molar-refractivity contribution in [3.05, 3.63) is 70.0 Å². The average molecular weight is 452 g/mol. The van der Waals surface area contributed by atoms with Crippen LogP contribution in [-0.2, 0) is 18.8 Å². The Hall–Kier alpha value is -2.79. The average Bonchev–Trinajstić information content (AvgIpc) is 3.10. The summed E-state index contributed by atoms with van der Waals surface area (Å²) in [7, 11) is 0. The minimum atomic E-state index is -5.02. The molecule has 30 heavy (non-hydrogen) atoms. The molecule has 1 aromatic heterocycles. The van der Waals surface area contributed by atoms with Gasteiger partial charge in [0.05, 0.1) is 29.1 Å². The zero-order valence-corrected chi connectivity index (χ0v) is 15.5. The fraction of sp³-hybridized carbons (Fsp3) is 0.222. The van der Waals surface area contributed by atoms with E-state index in [9.17, 15) is 36.6 Å². The van der Waals surface area contributed by atoms with Crippen LogP contribution in [0.15, 0.2) is 42.6 Å². The van der Waals surface area contributed by atoms with Crippen molar-refractivity contribution in [1.82, 2.24) is 15.0 Å². The summed E-state index contributed by atoms with van der Waals surface area (Å²) < 4.78 is 79.0. The monoisotopic (exact) mass is 451 g/mol. The molecule has 1 atom stereocenters. The lowest BCUT2D eigenvalue weighted by atomic mass is 9.99. The number of phenolic OH excluding ortho intramolecular Hbond substituents is 1. The van der Waals surface area contributed by atoms with Crippen LogP contribution in [0, 0.1) is 0 Å². The van der Waals surface area contributed by atoms with Crippen molar-refractivity contribution in [2.45, 2.75) is 24.9 Å². The van der Waals surface area contributed by atoms with Crippen LogP contribution in [0.5, 0.6) is 5.75 Å². The van der Waals surface area contributed by atoms with Crippen LogP contribution in [-0.4, -0.2) is 25.2 Å². The third-order valence-corrected chi connectivity index (χ3v) is 4.36. The molecule has 0 aliphatic rings. The lowest BCUT2D eigenvalue weighted by Gasteiger charge is -2.16. The summed E-state index contributed by atoms with van der Waals surface area (Å²) in [5.74, 6) is -0.191. The molecule has 0 aliphatic carbocycles. The van der Waals surface area contributed by atoms with Gasteiger partial charge in [0.1, 0.15) is 11.4 Å². The van der Waals surface area contributed by atoms with Crippen LogP contribution in [0.25, 0.3) is 5.69 Å². The van der Waals surface area contributed by atoms with Gasteiger partial charge in [0, 0.05) is 11.4 Å². The number of nitrogens with zero attached hydrogens (tertiary/aromatic N) is 3. The van der Waals surface area contributed by atoms with Crippen LogP contribution in [0.3, 0.4) is 0 Å². The summed E-state index contributed by atoms with van der Waals surface area (Å²) in [5, 5.41) is 27.8. The Bertz CT molecular complexity index is 1030. The molecule has 0 saturated carbocycles. The summed E-state index contributed by atoms with van der Waals surface area (Å²) in [6, 6.07) is 4.98. The minimum Gasteiger partial charge on any atom is -0.506 e. The number of halogens is 7. The molecule has 0 aliphatic heterocycles. The molecule has 12 heteroatoms. The number of aliphatic hydroxyl groups excluding tert-OH is 1. The second kappa shape index (κ2) is 7.80. The van der Waals surface area contributed by atoms with Crippen molar-refractivity contribution < 1.29 is 36.6 Å². The molecule has 3 aromatic rings. The predicted octanol–water partition coefficient (Wildman–Crippen LogP) is 4.94. The van der Waals surface area contributed by atoms with Gasteiger partial charge < -0.3 is 10.2 Å². The Morgan fingerprint density at radius 2 is 1.57 bits per heavy atom. The molecule has 3 rings (SSSR count). The Morgan fingerprint density at radius 3 is 2.13 bits per heavy atom. The number of hydrogen-bond donors (Lipinski definition) is 2. The smallest absolute Gasteiger partial charge is 0.416 e. The number of alkyl halides is 6. The molecule has 0 bridgehead atoms. The second-order valence-electron chi connectivity index (χ2n) is 6.35. The highest BCUT2D eigenvalue weighted by Gasteiger charge is 2.37. The zero-order chi connectivity index (χ0) is 22.3. The van der Waals surface area contributed by atoms with Crippen molar-refractivity contribution in [2.24, 2.45) is 0 Å². The summed E-state index contributed by atoms with van der Waals surface area (Å²) in [6.45, 7) is 0. The van der Waals surface area contributed by atoms with Gasteiger partial charge in [0.2, 0.25) is 0 Å². The molecule has 160 valence electrons. The molecule has 1 heterocycles. The zero-order valence-electron chi connectivity index (χ0n) is 14.7. The van der Waals surface area contributed by atoms with E-state index < -0.39 is 41.6 Å². The van der Waals surface area contributed by atoms with E-state index in [1.165, 1.54) is 24.4 Å². The Kier molecular flexibility index (Phi) is 5.70. The number of phenols is 1. The molecule has 0 radical (unpaired) electrons. The van der Waals surface area contributed by atoms with Gasteiger partial charge in [-0.05, 0) is 42.0 Å². The molecule has 0 amide bonds. The largest absolute Gasteiger partial charge is 0.506 e. The lowest BCUT2D eigenvalue weighted by molar-refractivity contribution is -0.143. The number of rotatable bonds is 4. The number of benzene rings is 2. The van der Waals surface area contributed by atoms with Crippen molar-refractivity contribution in [2.75, 3.05) is 0 Å². The SMILES string of the molecule is Oc1ccc(Cl)cc1-n1cc(CC(O)c2cc(C(F)(F)F)cc(C(F)(F)F)c2)nn1. The van der Waals surface area contributed by atoms with Gasteiger partial charge in [0.25, 0.3) is 0 Å². The maximum atomic E-state index is 13.0. The van der Waals surface area contributed by atoms with E-state index in [1.54, 1.807) is 0 Å². The van der Waals surface area contributed by atoms with Crippen LogP contribution < -0.4 is 0 Å². The summed E-state index contributed by atoms with van der Waals surface area (Å²) in [6.07, 6.45) is -10.9. The Labute approximate surface area is 170 Å². The van der Waals surface area contributed by atoms with Crippen LogP contribution >= 0.6 is 11.6 Å². The van der Waals surface area contributed by atoms with Gasteiger partial charge in [-0.15, -0.1) is 5.10 Å². The highest BCUT2D eigenvalue weighted by Crippen LogP contribution is 2.38. The first-order chi connectivity index (χ1) is 13.8. The third-order valence-electron chi connectivity index (χ3n) is 4.12. The van der Waals surface area contributed by atoms with Crippen molar-refractivity contribution in [3.8, 4) is 11.4 Å². The van der Waals surface area contributed by atoms with E-state index in [2.05, 4.69) is 10.3 Å². The Balaban J connectivity index is 1.90. The van der Waals surface area contributed by atoms with E-state index in [-0.39, 0.29) is 28.2 Å². The maximum absolute atomic E-state index is 13.0.